The molecule has 0 aliphatic carbocycles. The zero-order valence-corrected chi connectivity index (χ0v) is 14.3. The number of ether oxygens (including phenoxy) is 2. The largest absolute Gasteiger partial charge is 0.454 e. The smallest absolute Gasteiger partial charge is 0.231 e. The first-order valence-electron chi connectivity index (χ1n) is 8.48. The molecule has 2 aliphatic heterocycles. The Balaban J connectivity index is 1.35. The summed E-state index contributed by atoms with van der Waals surface area (Å²) in [6.07, 6.45) is 6.58. The van der Waals surface area contributed by atoms with E-state index in [9.17, 15) is 0 Å². The third-order valence-corrected chi connectivity index (χ3v) is 4.51. The average Bonchev–Trinajstić information content (AvgIpc) is 2.86. The Labute approximate surface area is 143 Å². The van der Waals surface area contributed by atoms with Gasteiger partial charge in [0.15, 0.2) is 16.6 Å². The number of hydrogen-bond acceptors (Lipinski definition) is 4. The number of likely N-dealkylation sites (tertiary alicyclic amines) is 1. The quantitative estimate of drug-likeness (QED) is 0.637. The predicted molar refractivity (Wildman–Crippen MR) is 96.3 cm³/mol. The number of anilines is 1. The van der Waals surface area contributed by atoms with Crippen LogP contribution in [0.25, 0.3) is 0 Å². The van der Waals surface area contributed by atoms with Crippen molar-refractivity contribution in [1.29, 1.82) is 0 Å². The fourth-order valence-electron chi connectivity index (χ4n) is 3.01. The number of nitrogens with one attached hydrogen (secondary N) is 2. The number of thiocarbonyl (C=S) groups is 1. The molecule has 0 spiro atoms. The van der Waals surface area contributed by atoms with Gasteiger partial charge < -0.3 is 25.0 Å². The summed E-state index contributed by atoms with van der Waals surface area (Å²) < 4.78 is 10.7. The van der Waals surface area contributed by atoms with Crippen molar-refractivity contribution in [2.24, 2.45) is 0 Å². The summed E-state index contributed by atoms with van der Waals surface area (Å²) in [5.41, 5.74) is 0.916. The van der Waals surface area contributed by atoms with E-state index in [0.29, 0.717) is 5.11 Å². The van der Waals surface area contributed by atoms with E-state index in [1.807, 2.05) is 18.2 Å². The van der Waals surface area contributed by atoms with Gasteiger partial charge in [-0.1, -0.05) is 12.8 Å². The van der Waals surface area contributed by atoms with Crippen LogP contribution in [0.1, 0.15) is 32.1 Å². The topological polar surface area (TPSA) is 45.8 Å². The maximum absolute atomic E-state index is 5.37. The molecule has 0 unspecified atom stereocenters. The van der Waals surface area contributed by atoms with E-state index in [2.05, 4.69) is 15.5 Å². The highest BCUT2D eigenvalue weighted by molar-refractivity contribution is 7.80. The third-order valence-electron chi connectivity index (χ3n) is 4.27. The van der Waals surface area contributed by atoms with Crippen molar-refractivity contribution in [3.05, 3.63) is 18.2 Å². The second-order valence-electron chi connectivity index (χ2n) is 6.06. The van der Waals surface area contributed by atoms with Gasteiger partial charge in [0.2, 0.25) is 6.79 Å². The summed E-state index contributed by atoms with van der Waals surface area (Å²) in [7, 11) is 0. The molecule has 0 bridgehead atoms. The average molecular weight is 335 g/mol. The highest BCUT2D eigenvalue weighted by atomic mass is 32.1. The molecule has 1 aromatic carbocycles. The van der Waals surface area contributed by atoms with Gasteiger partial charge in [-0.25, -0.2) is 0 Å². The Bertz CT molecular complexity index is 531. The van der Waals surface area contributed by atoms with E-state index >= 15 is 0 Å². The van der Waals surface area contributed by atoms with Crippen LogP contribution in [0.2, 0.25) is 0 Å². The number of nitrogens with zero attached hydrogens (tertiary/aromatic N) is 1. The summed E-state index contributed by atoms with van der Waals surface area (Å²) in [5, 5.41) is 7.12. The first kappa shape index (κ1) is 16.3. The number of fused-ring (bicyclic) bond motifs is 1. The zero-order valence-electron chi connectivity index (χ0n) is 13.5. The van der Waals surface area contributed by atoms with Crippen molar-refractivity contribution in [3.63, 3.8) is 0 Å². The third kappa shape index (κ3) is 4.97. The van der Waals surface area contributed by atoms with Gasteiger partial charge in [-0.2, -0.15) is 0 Å². The Morgan fingerprint density at radius 1 is 1.09 bits per heavy atom. The van der Waals surface area contributed by atoms with E-state index in [-0.39, 0.29) is 6.79 Å². The molecule has 126 valence electrons. The van der Waals surface area contributed by atoms with Crippen LogP contribution in [-0.2, 0) is 0 Å². The van der Waals surface area contributed by atoms with Crippen LogP contribution >= 0.6 is 12.2 Å². The molecule has 0 radical (unpaired) electrons. The Morgan fingerprint density at radius 3 is 2.70 bits per heavy atom. The molecule has 2 heterocycles. The molecule has 1 fully saturated rings. The summed E-state index contributed by atoms with van der Waals surface area (Å²) in [4.78, 5) is 2.57. The summed E-state index contributed by atoms with van der Waals surface area (Å²) in [6, 6.07) is 5.75. The first-order chi connectivity index (χ1) is 11.3. The van der Waals surface area contributed by atoms with Crippen molar-refractivity contribution >= 4 is 23.0 Å². The SMILES string of the molecule is S=C(NCCCN1CCCCCC1)Nc1ccc2c(c1)OCO2. The zero-order chi connectivity index (χ0) is 15.9. The van der Waals surface area contributed by atoms with Crippen molar-refractivity contribution in [2.45, 2.75) is 32.1 Å². The predicted octanol–water partition coefficient (Wildman–Crippen LogP) is 2.97. The van der Waals surface area contributed by atoms with Crippen LogP contribution < -0.4 is 20.1 Å². The lowest BCUT2D eigenvalue weighted by Crippen LogP contribution is -2.32. The van der Waals surface area contributed by atoms with Crippen molar-refractivity contribution < 1.29 is 9.47 Å². The highest BCUT2D eigenvalue weighted by Gasteiger charge is 2.13. The molecule has 5 nitrogen and oxygen atoms in total. The van der Waals surface area contributed by atoms with Gasteiger partial charge in [-0.3, -0.25) is 0 Å². The van der Waals surface area contributed by atoms with Crippen molar-refractivity contribution in [1.82, 2.24) is 10.2 Å². The summed E-state index contributed by atoms with van der Waals surface area (Å²) >= 11 is 5.35. The number of hydrogen-bond donors (Lipinski definition) is 2. The molecular formula is C17H25N3O2S. The van der Waals surface area contributed by atoms with Gasteiger partial charge in [0, 0.05) is 18.3 Å². The van der Waals surface area contributed by atoms with Gasteiger partial charge in [-0.05, 0) is 63.2 Å². The number of benzene rings is 1. The molecule has 3 rings (SSSR count). The van der Waals surface area contributed by atoms with E-state index in [1.165, 1.54) is 38.8 Å². The second kappa shape index (κ2) is 8.36. The Morgan fingerprint density at radius 2 is 1.87 bits per heavy atom. The molecule has 1 saturated heterocycles. The minimum absolute atomic E-state index is 0.290. The van der Waals surface area contributed by atoms with Crippen LogP contribution in [0.4, 0.5) is 5.69 Å². The minimum Gasteiger partial charge on any atom is -0.454 e. The molecule has 0 atom stereocenters. The fourth-order valence-corrected chi connectivity index (χ4v) is 3.23. The molecule has 0 saturated carbocycles. The summed E-state index contributed by atoms with van der Waals surface area (Å²) in [6.45, 7) is 4.84. The van der Waals surface area contributed by atoms with E-state index in [1.54, 1.807) is 0 Å². The first-order valence-corrected chi connectivity index (χ1v) is 8.89. The molecule has 23 heavy (non-hydrogen) atoms. The van der Waals surface area contributed by atoms with Gasteiger partial charge in [0.1, 0.15) is 0 Å². The van der Waals surface area contributed by atoms with Gasteiger partial charge >= 0.3 is 0 Å². The molecule has 0 aromatic heterocycles. The maximum atomic E-state index is 5.37. The van der Waals surface area contributed by atoms with Gasteiger partial charge in [-0.15, -0.1) is 0 Å². The fraction of sp³-hybridized carbons (Fsp3) is 0.588. The molecule has 1 aromatic rings. The Hall–Kier alpha value is -1.53. The van der Waals surface area contributed by atoms with Crippen LogP contribution in [0.15, 0.2) is 18.2 Å². The summed E-state index contributed by atoms with van der Waals surface area (Å²) in [5.74, 6) is 1.55. The van der Waals surface area contributed by atoms with E-state index in [0.717, 1.165) is 36.7 Å². The minimum atomic E-state index is 0.290. The highest BCUT2D eigenvalue weighted by Crippen LogP contribution is 2.34. The van der Waals surface area contributed by atoms with E-state index < -0.39 is 0 Å². The van der Waals surface area contributed by atoms with Crippen LogP contribution in [0.3, 0.4) is 0 Å². The van der Waals surface area contributed by atoms with E-state index in [4.69, 9.17) is 21.7 Å². The molecule has 2 N–H and O–H groups in total. The standard InChI is InChI=1S/C17H25N3O2S/c23-17(18-8-5-11-20-9-3-1-2-4-10-20)19-14-6-7-15-16(12-14)22-13-21-15/h6-7,12H,1-5,8-11,13H2,(H2,18,19,23). The monoisotopic (exact) mass is 335 g/mol. The lowest BCUT2D eigenvalue weighted by Gasteiger charge is -2.19. The van der Waals surface area contributed by atoms with Crippen LogP contribution in [0, 0.1) is 0 Å². The van der Waals surface area contributed by atoms with Crippen LogP contribution in [-0.4, -0.2) is 43.0 Å². The number of rotatable bonds is 5. The maximum Gasteiger partial charge on any atom is 0.231 e. The molecule has 0 amide bonds. The normalized spacial score (nSPS) is 17.6. The molecular weight excluding hydrogens is 310 g/mol. The Kier molecular flexibility index (Phi) is 5.93. The van der Waals surface area contributed by atoms with Gasteiger partial charge in [0.05, 0.1) is 0 Å². The lowest BCUT2D eigenvalue weighted by molar-refractivity contribution is 0.174. The van der Waals surface area contributed by atoms with Gasteiger partial charge in [0.25, 0.3) is 0 Å². The van der Waals surface area contributed by atoms with Crippen molar-refractivity contribution in [2.75, 3.05) is 38.3 Å². The second-order valence-corrected chi connectivity index (χ2v) is 6.47. The molecule has 6 heteroatoms. The van der Waals surface area contributed by atoms with Crippen LogP contribution in [0.5, 0.6) is 11.5 Å². The lowest BCUT2D eigenvalue weighted by atomic mass is 10.2. The molecule has 2 aliphatic rings. The van der Waals surface area contributed by atoms with Crippen molar-refractivity contribution in [3.8, 4) is 11.5 Å².